The lowest BCUT2D eigenvalue weighted by Crippen LogP contribution is -2.12. The molecule has 9 heteroatoms. The van der Waals surface area contributed by atoms with Crippen LogP contribution in [-0.2, 0) is 10.5 Å². The quantitative estimate of drug-likeness (QED) is 0.300. The molecule has 1 N–H and O–H groups in total. The average molecular weight is 427 g/mol. The van der Waals surface area contributed by atoms with Crippen LogP contribution < -0.4 is 5.56 Å². The highest BCUT2D eigenvalue weighted by molar-refractivity contribution is 7.98. The molecule has 3 aromatic heterocycles. The Morgan fingerprint density at radius 3 is 2.76 bits per heavy atom. The zero-order valence-electron chi connectivity index (χ0n) is 16.3. The molecule has 4 aromatic rings. The third-order valence-electron chi connectivity index (χ3n) is 4.63. The van der Waals surface area contributed by atoms with Crippen LogP contribution in [0.1, 0.15) is 32.4 Å². The number of thiophene rings is 1. The van der Waals surface area contributed by atoms with Gasteiger partial charge in [-0.3, -0.25) is 4.79 Å². The van der Waals surface area contributed by atoms with Crippen molar-refractivity contribution in [1.82, 2.24) is 19.9 Å². The van der Waals surface area contributed by atoms with Crippen LogP contribution in [0.3, 0.4) is 0 Å². The molecule has 0 saturated heterocycles. The molecule has 0 radical (unpaired) electrons. The molecule has 0 spiro atoms. The third-order valence-corrected chi connectivity index (χ3v) is 6.72. The number of hydrogen-bond acceptors (Lipinski definition) is 8. The highest BCUT2D eigenvalue weighted by Crippen LogP contribution is 2.35. The number of H-pyrrole nitrogens is 1. The van der Waals surface area contributed by atoms with Crippen molar-refractivity contribution in [3.05, 3.63) is 56.2 Å². The van der Waals surface area contributed by atoms with Crippen LogP contribution in [0.4, 0.5) is 0 Å². The number of hydrogen-bond donors (Lipinski definition) is 1. The van der Waals surface area contributed by atoms with Gasteiger partial charge in [-0.2, -0.15) is 0 Å². The summed E-state index contributed by atoms with van der Waals surface area (Å²) in [6.45, 7) is 6.02. The Labute approximate surface area is 174 Å². The number of aromatic nitrogens is 4. The summed E-state index contributed by atoms with van der Waals surface area (Å²) in [6.07, 6.45) is 0. The van der Waals surface area contributed by atoms with Gasteiger partial charge < -0.3 is 9.72 Å². The van der Waals surface area contributed by atoms with Crippen LogP contribution in [0, 0.1) is 20.8 Å². The van der Waals surface area contributed by atoms with Gasteiger partial charge in [0.25, 0.3) is 5.56 Å². The number of thioether (sulfide) groups is 1. The molecule has 29 heavy (non-hydrogen) atoms. The lowest BCUT2D eigenvalue weighted by Gasteiger charge is -2.06. The number of carbonyl (C=O) groups is 1. The van der Waals surface area contributed by atoms with Crippen molar-refractivity contribution >= 4 is 50.2 Å². The van der Waals surface area contributed by atoms with Crippen molar-refractivity contribution in [2.24, 2.45) is 0 Å². The second-order valence-electron chi connectivity index (χ2n) is 6.56. The Bertz CT molecular complexity index is 1330. The topological polar surface area (TPSA) is 97.8 Å². The molecule has 7 nitrogen and oxygen atoms in total. The molecule has 0 saturated carbocycles. The molecule has 4 rings (SSSR count). The first kappa shape index (κ1) is 19.5. The van der Waals surface area contributed by atoms with Crippen molar-refractivity contribution in [1.29, 1.82) is 0 Å². The molecule has 0 aliphatic rings. The number of carbonyl (C=O) groups excluding carboxylic acids is 1. The van der Waals surface area contributed by atoms with E-state index in [0.29, 0.717) is 33.9 Å². The van der Waals surface area contributed by atoms with E-state index < -0.39 is 5.97 Å². The fourth-order valence-corrected chi connectivity index (χ4v) is 5.20. The summed E-state index contributed by atoms with van der Waals surface area (Å²) in [5, 5.41) is 2.36. The molecule has 0 aliphatic carbocycles. The SMILES string of the molecule is COC(=O)c1ccc2c(=O)[nH]c(CSc3nc(C)nc4sc(C)c(C)c34)nc2c1. The normalized spacial score (nSPS) is 11.3. The fraction of sp³-hybridized carbons (Fsp3) is 0.250. The number of aromatic amines is 1. The van der Waals surface area contributed by atoms with E-state index in [4.69, 9.17) is 4.74 Å². The van der Waals surface area contributed by atoms with Gasteiger partial charge in [-0.25, -0.2) is 19.7 Å². The van der Waals surface area contributed by atoms with Crippen molar-refractivity contribution in [3.63, 3.8) is 0 Å². The van der Waals surface area contributed by atoms with Crippen LogP contribution in [0.15, 0.2) is 28.0 Å². The molecule has 0 aliphatic heterocycles. The Hall–Kier alpha value is -2.78. The van der Waals surface area contributed by atoms with Gasteiger partial charge in [0.05, 0.1) is 29.3 Å². The van der Waals surface area contributed by atoms with Crippen molar-refractivity contribution in [2.45, 2.75) is 31.6 Å². The lowest BCUT2D eigenvalue weighted by atomic mass is 10.1. The summed E-state index contributed by atoms with van der Waals surface area (Å²) in [7, 11) is 1.32. The Morgan fingerprint density at radius 2 is 2.00 bits per heavy atom. The number of methoxy groups -OCH3 is 1. The molecular formula is C20H18N4O3S2. The number of fused-ring (bicyclic) bond motifs is 2. The van der Waals surface area contributed by atoms with Crippen LogP contribution >= 0.6 is 23.1 Å². The fourth-order valence-electron chi connectivity index (χ4n) is 3.06. The first-order valence-electron chi connectivity index (χ1n) is 8.85. The number of benzene rings is 1. The van der Waals surface area contributed by atoms with Gasteiger partial charge in [-0.1, -0.05) is 11.8 Å². The summed E-state index contributed by atoms with van der Waals surface area (Å²) >= 11 is 3.17. The van der Waals surface area contributed by atoms with E-state index in [9.17, 15) is 9.59 Å². The van der Waals surface area contributed by atoms with Crippen molar-refractivity contribution in [3.8, 4) is 0 Å². The second-order valence-corrected chi connectivity index (χ2v) is 8.73. The molecule has 1 aromatic carbocycles. The predicted molar refractivity (Wildman–Crippen MR) is 115 cm³/mol. The number of nitrogens with zero attached hydrogens (tertiary/aromatic N) is 3. The van der Waals surface area contributed by atoms with Gasteiger partial charge in [-0.15, -0.1) is 11.3 Å². The average Bonchev–Trinajstić information content (AvgIpc) is 2.98. The minimum atomic E-state index is -0.466. The van der Waals surface area contributed by atoms with E-state index in [2.05, 4.69) is 33.8 Å². The summed E-state index contributed by atoms with van der Waals surface area (Å²) in [5.41, 5.74) is 1.75. The lowest BCUT2D eigenvalue weighted by molar-refractivity contribution is 0.0601. The predicted octanol–water partition coefficient (Wildman–Crippen LogP) is 3.93. The Kier molecular flexibility index (Phi) is 5.10. The summed E-state index contributed by atoms with van der Waals surface area (Å²) in [5.74, 6) is 1.20. The maximum absolute atomic E-state index is 12.4. The number of rotatable bonds is 4. The molecule has 148 valence electrons. The van der Waals surface area contributed by atoms with Crippen molar-refractivity contribution in [2.75, 3.05) is 7.11 Å². The molecule has 0 atom stereocenters. The molecule has 3 heterocycles. The summed E-state index contributed by atoms with van der Waals surface area (Å²) < 4.78 is 4.75. The molecule has 0 unspecified atom stereocenters. The Morgan fingerprint density at radius 1 is 1.21 bits per heavy atom. The van der Waals surface area contributed by atoms with Crippen LogP contribution in [0.25, 0.3) is 21.1 Å². The molecule has 0 bridgehead atoms. The van der Waals surface area contributed by atoms with E-state index in [1.54, 1.807) is 29.5 Å². The minimum absolute atomic E-state index is 0.242. The highest BCUT2D eigenvalue weighted by atomic mass is 32.2. The smallest absolute Gasteiger partial charge is 0.337 e. The number of nitrogens with one attached hydrogen (secondary N) is 1. The molecule has 0 amide bonds. The zero-order chi connectivity index (χ0) is 20.7. The van der Waals surface area contributed by atoms with E-state index in [0.717, 1.165) is 15.2 Å². The zero-order valence-corrected chi connectivity index (χ0v) is 18.0. The first-order valence-corrected chi connectivity index (χ1v) is 10.7. The number of esters is 1. The van der Waals surface area contributed by atoms with Gasteiger partial charge in [-0.05, 0) is 44.5 Å². The standard InChI is InChI=1S/C20H18N4O3S2/c1-9-10(2)29-19-16(9)18(21-11(3)22-19)28-8-15-23-14-7-12(20(26)27-4)5-6-13(14)17(25)24-15/h5-7H,8H2,1-4H3,(H,23,24,25). The first-order chi connectivity index (χ1) is 13.9. The summed E-state index contributed by atoms with van der Waals surface area (Å²) in [6, 6.07) is 4.71. The minimum Gasteiger partial charge on any atom is -0.465 e. The van der Waals surface area contributed by atoms with E-state index in [1.165, 1.54) is 29.3 Å². The molecular weight excluding hydrogens is 408 g/mol. The van der Waals surface area contributed by atoms with Crippen LogP contribution in [0.2, 0.25) is 0 Å². The third kappa shape index (κ3) is 3.63. The Balaban J connectivity index is 1.71. The van der Waals surface area contributed by atoms with Crippen LogP contribution in [-0.4, -0.2) is 33.0 Å². The van der Waals surface area contributed by atoms with Gasteiger partial charge in [0.15, 0.2) is 0 Å². The number of aryl methyl sites for hydroxylation is 3. The van der Waals surface area contributed by atoms with Gasteiger partial charge in [0, 0.05) is 10.3 Å². The van der Waals surface area contributed by atoms with Gasteiger partial charge in [0.1, 0.15) is 21.5 Å². The van der Waals surface area contributed by atoms with E-state index in [1.807, 2.05) is 6.92 Å². The van der Waals surface area contributed by atoms with Gasteiger partial charge in [0.2, 0.25) is 0 Å². The maximum Gasteiger partial charge on any atom is 0.337 e. The largest absolute Gasteiger partial charge is 0.465 e. The van der Waals surface area contributed by atoms with Gasteiger partial charge >= 0.3 is 5.97 Å². The monoisotopic (exact) mass is 426 g/mol. The summed E-state index contributed by atoms with van der Waals surface area (Å²) in [4.78, 5) is 42.9. The number of ether oxygens (including phenoxy) is 1. The van der Waals surface area contributed by atoms with Crippen LogP contribution in [0.5, 0.6) is 0 Å². The highest BCUT2D eigenvalue weighted by Gasteiger charge is 2.15. The van der Waals surface area contributed by atoms with E-state index in [-0.39, 0.29) is 5.56 Å². The second kappa shape index (κ2) is 7.57. The van der Waals surface area contributed by atoms with E-state index >= 15 is 0 Å². The van der Waals surface area contributed by atoms with Crippen molar-refractivity contribution < 1.29 is 9.53 Å². The maximum atomic E-state index is 12.4. The molecule has 0 fully saturated rings.